The van der Waals surface area contributed by atoms with Crippen LogP contribution in [-0.2, 0) is 28.7 Å². The van der Waals surface area contributed by atoms with E-state index in [1.165, 1.54) is 0 Å². The molecular weight excluding hydrogens is 914 g/mol. The minimum Gasteiger partial charge on any atom is -0.481 e. The molecule has 0 spiro atoms. The van der Waals surface area contributed by atoms with Gasteiger partial charge in [0.2, 0.25) is 11.8 Å². The van der Waals surface area contributed by atoms with Gasteiger partial charge in [-0.1, -0.05) is 6.92 Å². The van der Waals surface area contributed by atoms with Crippen LogP contribution in [0.15, 0.2) is 0 Å². The van der Waals surface area contributed by atoms with Gasteiger partial charge in [0.25, 0.3) is 0 Å². The fraction of sp³-hybridized carbons (Fsp3) is 0.867. The Bertz CT molecular complexity index is 1380. The maximum atomic E-state index is 16.4. The molecule has 22 atom stereocenters. The van der Waals surface area contributed by atoms with Crippen molar-refractivity contribution in [2.24, 2.45) is 29.6 Å². The molecule has 0 radical (unpaired) electrons. The van der Waals surface area contributed by atoms with Crippen LogP contribution in [-0.4, -0.2) is 152 Å². The second kappa shape index (κ2) is 18.3. The van der Waals surface area contributed by atoms with Crippen molar-refractivity contribution in [3.8, 4) is 0 Å². The molecule has 22 unspecified atom stereocenters. The van der Waals surface area contributed by atoms with Gasteiger partial charge in [0.1, 0.15) is 48.7 Å². The Morgan fingerprint density at radius 3 is 1.20 bits per heavy atom. The lowest BCUT2D eigenvalue weighted by Crippen LogP contribution is -2.67. The normalized spacial score (nSPS) is 51.2. The number of hydrogen-bond acceptors (Lipinski definition) is 6. The molecule has 0 bridgehead atoms. The van der Waals surface area contributed by atoms with Crippen molar-refractivity contribution in [1.29, 1.82) is 0 Å². The van der Waals surface area contributed by atoms with Crippen molar-refractivity contribution < 1.29 is 65.2 Å². The van der Waals surface area contributed by atoms with Crippen LogP contribution in [0.25, 0.3) is 0 Å². The van der Waals surface area contributed by atoms with E-state index < -0.39 is 164 Å². The number of hydrogen-bond donors (Lipinski definition) is 4. The number of carboxylic acid groups (broad SMARTS) is 2. The number of carboxylic acids is 2. The Kier molecular flexibility index (Phi) is 15.7. The first kappa shape index (κ1) is 46.4. The fourth-order valence-electron chi connectivity index (χ4n) is 7.47. The average Bonchev–Trinajstić information content (AvgIpc) is 3.12. The number of rotatable bonds is 9. The Morgan fingerprint density at radius 1 is 0.481 bits per heavy atom. The van der Waals surface area contributed by atoms with E-state index in [2.05, 4.69) is 5.32 Å². The van der Waals surface area contributed by atoms with Gasteiger partial charge in [0, 0.05) is 7.05 Å². The Labute approximate surface area is 344 Å². The Morgan fingerprint density at radius 2 is 0.852 bits per heavy atom. The standard InChI is InChI=1S/C30H34Cl8F6N2O8/c1-3-8(31)10(33)11(34)22(9(3)32)46-28(48)5-7(30(51)52)17(40)21(44)26(19(5)42)54-24-14(37)12(35)23(13(36)15(24)38)53-25-18(41)4(27(47)45-2)6(29(49)50)16(39)20(25)43/h3-26H,1-2H3,(H,45,47)(H,46,48)(H,49,50)(H,51,52). The molecule has 4 rings (SSSR count). The van der Waals surface area contributed by atoms with Gasteiger partial charge in [-0.05, 0) is 5.92 Å². The van der Waals surface area contributed by atoms with Gasteiger partial charge in [0.05, 0.1) is 73.1 Å². The first-order valence-electron chi connectivity index (χ1n) is 16.3. The van der Waals surface area contributed by atoms with Crippen LogP contribution >= 0.6 is 92.8 Å². The van der Waals surface area contributed by atoms with Crippen molar-refractivity contribution >= 4 is 117 Å². The van der Waals surface area contributed by atoms with Gasteiger partial charge < -0.3 is 30.3 Å². The minimum absolute atomic E-state index is 0.589. The van der Waals surface area contributed by atoms with Crippen LogP contribution < -0.4 is 10.6 Å². The minimum atomic E-state index is -3.06. The van der Waals surface area contributed by atoms with E-state index in [9.17, 15) is 29.4 Å². The summed E-state index contributed by atoms with van der Waals surface area (Å²) in [7, 11) is 1.00. The molecule has 0 heterocycles. The average molecular weight is 948 g/mol. The zero-order chi connectivity index (χ0) is 41.0. The molecule has 4 saturated carbocycles. The lowest BCUT2D eigenvalue weighted by Gasteiger charge is -2.49. The number of aliphatic carboxylic acids is 2. The maximum Gasteiger partial charge on any atom is 0.310 e. The third-order valence-corrected chi connectivity index (χ3v) is 15.6. The van der Waals surface area contributed by atoms with E-state index in [1.807, 2.05) is 5.32 Å². The predicted octanol–water partition coefficient (Wildman–Crippen LogP) is 4.94. The molecule has 24 heteroatoms. The van der Waals surface area contributed by atoms with Crippen LogP contribution in [0, 0.1) is 29.6 Å². The molecule has 10 nitrogen and oxygen atoms in total. The van der Waals surface area contributed by atoms with E-state index in [4.69, 9.17) is 102 Å². The number of halogens is 14. The highest BCUT2D eigenvalue weighted by atomic mass is 35.5. The molecule has 4 N–H and O–H groups in total. The first-order chi connectivity index (χ1) is 25.0. The molecule has 0 aromatic heterocycles. The SMILES string of the molecule is CNC(=O)C1C(F)C(OC2C(Cl)C(Cl)C(OC3C(F)C(F)C(C(=O)O)C(C(=O)NC4C(Cl)C(C)C(Cl)C(Cl)C4Cl)C3F)C(Cl)C2Cl)C(F)C(F)C1C(=O)O. The Balaban J connectivity index is 1.57. The lowest BCUT2D eigenvalue weighted by atomic mass is 9.73. The zero-order valence-corrected chi connectivity index (χ0v) is 33.5. The van der Waals surface area contributed by atoms with Crippen molar-refractivity contribution in [2.45, 2.75) is 117 Å². The molecule has 2 amide bonds. The number of nitrogens with one attached hydrogen (secondary N) is 2. The van der Waals surface area contributed by atoms with Gasteiger partial charge in [0.15, 0.2) is 12.3 Å². The number of alkyl halides is 14. The summed E-state index contributed by atoms with van der Waals surface area (Å²) in [6, 6.07) is -1.24. The van der Waals surface area contributed by atoms with Gasteiger partial charge in [-0.2, -0.15) is 0 Å². The van der Waals surface area contributed by atoms with Crippen molar-refractivity contribution in [1.82, 2.24) is 10.6 Å². The van der Waals surface area contributed by atoms with E-state index in [0.29, 0.717) is 0 Å². The first-order valence-corrected chi connectivity index (χ1v) is 19.8. The zero-order valence-electron chi connectivity index (χ0n) is 27.5. The quantitative estimate of drug-likeness (QED) is 0.188. The number of ether oxygens (including phenoxy) is 2. The molecule has 310 valence electrons. The summed E-state index contributed by atoms with van der Waals surface area (Å²) >= 11 is 51.1. The smallest absolute Gasteiger partial charge is 0.310 e. The second-order valence-electron chi connectivity index (χ2n) is 13.6. The number of carbonyl (C=O) groups is 4. The van der Waals surface area contributed by atoms with Crippen LogP contribution in [0.5, 0.6) is 0 Å². The van der Waals surface area contributed by atoms with Crippen LogP contribution in [0.4, 0.5) is 26.3 Å². The van der Waals surface area contributed by atoms with E-state index >= 15 is 26.3 Å². The number of carbonyl (C=O) groups excluding carboxylic acids is 2. The van der Waals surface area contributed by atoms with Gasteiger partial charge in [-0.25, -0.2) is 26.3 Å². The summed E-state index contributed by atoms with van der Waals surface area (Å²) < 4.78 is 104. The van der Waals surface area contributed by atoms with Crippen molar-refractivity contribution in [3.63, 3.8) is 0 Å². The summed E-state index contributed by atoms with van der Waals surface area (Å²) in [5.41, 5.74) is 0. The molecule has 0 aromatic carbocycles. The summed E-state index contributed by atoms with van der Waals surface area (Å²) in [5, 5.41) is 12.5. The van der Waals surface area contributed by atoms with Gasteiger partial charge in [-0.3, -0.25) is 19.2 Å². The van der Waals surface area contributed by atoms with E-state index in [-0.39, 0.29) is 0 Å². The summed E-state index contributed by atoms with van der Waals surface area (Å²) in [4.78, 5) is 49.7. The topological polar surface area (TPSA) is 151 Å². The highest BCUT2D eigenvalue weighted by Crippen LogP contribution is 2.46. The maximum absolute atomic E-state index is 16.4. The molecule has 0 aromatic rings. The monoisotopic (exact) mass is 944 g/mol. The molecule has 4 aliphatic carbocycles. The van der Waals surface area contributed by atoms with E-state index in [0.717, 1.165) is 7.05 Å². The van der Waals surface area contributed by atoms with Crippen molar-refractivity contribution in [2.75, 3.05) is 7.05 Å². The summed E-state index contributed by atoms with van der Waals surface area (Å²) in [5.74, 6) is -17.2. The highest BCUT2D eigenvalue weighted by molar-refractivity contribution is 6.37. The van der Waals surface area contributed by atoms with Crippen molar-refractivity contribution in [3.05, 3.63) is 0 Å². The lowest BCUT2D eigenvalue weighted by molar-refractivity contribution is -0.194. The second-order valence-corrected chi connectivity index (χ2v) is 17.7. The largest absolute Gasteiger partial charge is 0.481 e. The number of amides is 2. The molecule has 54 heavy (non-hydrogen) atoms. The highest BCUT2D eigenvalue weighted by Gasteiger charge is 2.63. The summed E-state index contributed by atoms with van der Waals surface area (Å²) in [6.45, 7) is 1.58. The van der Waals surface area contributed by atoms with E-state index in [1.54, 1.807) is 6.92 Å². The van der Waals surface area contributed by atoms with Crippen LogP contribution in [0.2, 0.25) is 0 Å². The molecule has 4 aliphatic rings. The molecular formula is C30H34Cl8F6N2O8. The van der Waals surface area contributed by atoms with Crippen LogP contribution in [0.3, 0.4) is 0 Å². The third kappa shape index (κ3) is 8.41. The van der Waals surface area contributed by atoms with Gasteiger partial charge in [-0.15, -0.1) is 92.8 Å². The summed E-state index contributed by atoms with van der Waals surface area (Å²) in [6.07, 6.45) is -26.5. The molecule has 4 fully saturated rings. The fourth-order valence-corrected chi connectivity index (χ4v) is 10.7. The van der Waals surface area contributed by atoms with Gasteiger partial charge >= 0.3 is 11.9 Å². The third-order valence-electron chi connectivity index (χ3n) is 10.5. The molecule has 0 saturated heterocycles. The Hall–Kier alpha value is -0.300. The predicted molar refractivity (Wildman–Crippen MR) is 188 cm³/mol. The molecule has 0 aliphatic heterocycles. The van der Waals surface area contributed by atoms with Crippen LogP contribution in [0.1, 0.15) is 6.92 Å².